The lowest BCUT2D eigenvalue weighted by atomic mass is 10.0. The second-order valence-corrected chi connectivity index (χ2v) is 8.63. The standard InChI is InChI=1S/C23H21ClFN5O/c1-13-7-18(24)22(28-11-13)29-19-8-14-9-20(19)30(12-14)23(31)16-4-3-15(25)10-17(16)21-26-5-2-6-27-21/h2-7,10-11,14,19-20H,8-9,12H2,1H3,(H,28,29). The maximum Gasteiger partial charge on any atom is 0.254 e. The summed E-state index contributed by atoms with van der Waals surface area (Å²) in [5.41, 5.74) is 1.80. The van der Waals surface area contributed by atoms with E-state index >= 15 is 0 Å². The van der Waals surface area contributed by atoms with E-state index in [0.717, 1.165) is 18.4 Å². The molecular weight excluding hydrogens is 417 g/mol. The minimum absolute atomic E-state index is 0.0197. The number of piperidine rings is 1. The molecule has 31 heavy (non-hydrogen) atoms. The van der Waals surface area contributed by atoms with Crippen LogP contribution in [0.4, 0.5) is 10.2 Å². The molecule has 3 aromatic rings. The number of fused-ring (bicyclic) bond motifs is 2. The molecule has 8 heteroatoms. The van der Waals surface area contributed by atoms with Gasteiger partial charge in [0.25, 0.3) is 5.91 Å². The monoisotopic (exact) mass is 437 g/mol. The first-order valence-electron chi connectivity index (χ1n) is 10.3. The summed E-state index contributed by atoms with van der Waals surface area (Å²) in [6.45, 7) is 2.63. The number of hydrogen-bond donors (Lipinski definition) is 1. The van der Waals surface area contributed by atoms with E-state index in [2.05, 4.69) is 20.3 Å². The summed E-state index contributed by atoms with van der Waals surface area (Å²) < 4.78 is 14.0. The summed E-state index contributed by atoms with van der Waals surface area (Å²) in [7, 11) is 0. The van der Waals surface area contributed by atoms with Crippen molar-refractivity contribution in [3.8, 4) is 11.4 Å². The van der Waals surface area contributed by atoms with Gasteiger partial charge in [-0.05, 0) is 61.6 Å². The number of carbonyl (C=O) groups excluding carboxylic acids is 1. The van der Waals surface area contributed by atoms with Crippen molar-refractivity contribution in [2.45, 2.75) is 31.8 Å². The zero-order chi connectivity index (χ0) is 21.5. The van der Waals surface area contributed by atoms with Gasteiger partial charge in [0.05, 0.1) is 16.6 Å². The number of pyridine rings is 1. The smallest absolute Gasteiger partial charge is 0.254 e. The van der Waals surface area contributed by atoms with E-state index in [1.165, 1.54) is 18.2 Å². The van der Waals surface area contributed by atoms with Gasteiger partial charge in [0.1, 0.15) is 11.6 Å². The maximum atomic E-state index is 14.0. The van der Waals surface area contributed by atoms with Crippen LogP contribution < -0.4 is 5.32 Å². The van der Waals surface area contributed by atoms with Crippen LogP contribution >= 0.6 is 11.6 Å². The Bertz CT molecular complexity index is 1140. The van der Waals surface area contributed by atoms with Crippen LogP contribution in [0, 0.1) is 18.7 Å². The van der Waals surface area contributed by atoms with Crippen LogP contribution in [0.25, 0.3) is 11.4 Å². The first kappa shape index (κ1) is 19.9. The predicted octanol–water partition coefficient (Wildman–Crippen LogP) is 4.35. The molecule has 1 saturated heterocycles. The zero-order valence-electron chi connectivity index (χ0n) is 16.9. The Morgan fingerprint density at radius 3 is 2.74 bits per heavy atom. The van der Waals surface area contributed by atoms with Gasteiger partial charge in [-0.3, -0.25) is 4.79 Å². The molecule has 5 rings (SSSR count). The molecule has 1 aliphatic carbocycles. The van der Waals surface area contributed by atoms with Gasteiger partial charge in [-0.25, -0.2) is 19.3 Å². The van der Waals surface area contributed by atoms with Gasteiger partial charge in [0, 0.05) is 36.7 Å². The summed E-state index contributed by atoms with van der Waals surface area (Å²) in [5, 5.41) is 4.01. The molecule has 2 aliphatic rings. The molecule has 3 atom stereocenters. The van der Waals surface area contributed by atoms with Crippen molar-refractivity contribution in [1.29, 1.82) is 0 Å². The molecule has 1 amide bonds. The highest BCUT2D eigenvalue weighted by Gasteiger charge is 2.47. The maximum absolute atomic E-state index is 14.0. The van der Waals surface area contributed by atoms with Crippen LogP contribution in [0.1, 0.15) is 28.8 Å². The Labute approximate surface area is 184 Å². The number of anilines is 1. The Balaban J connectivity index is 1.42. The predicted molar refractivity (Wildman–Crippen MR) is 116 cm³/mol. The Morgan fingerprint density at radius 2 is 2.00 bits per heavy atom. The number of nitrogens with zero attached hydrogens (tertiary/aromatic N) is 4. The fourth-order valence-corrected chi connectivity index (χ4v) is 4.99. The third-order valence-electron chi connectivity index (χ3n) is 6.06. The van der Waals surface area contributed by atoms with Crippen LogP contribution in [0.2, 0.25) is 5.02 Å². The van der Waals surface area contributed by atoms with Gasteiger partial charge in [0.15, 0.2) is 5.82 Å². The molecule has 2 bridgehead atoms. The van der Waals surface area contributed by atoms with Gasteiger partial charge in [-0.15, -0.1) is 0 Å². The highest BCUT2D eigenvalue weighted by Crippen LogP contribution is 2.41. The summed E-state index contributed by atoms with van der Waals surface area (Å²) in [6, 6.07) is 7.79. The van der Waals surface area contributed by atoms with Gasteiger partial charge in [-0.2, -0.15) is 0 Å². The number of aromatic nitrogens is 3. The molecule has 1 N–H and O–H groups in total. The molecular formula is C23H21ClFN5O. The number of rotatable bonds is 4. The molecule has 2 fully saturated rings. The number of nitrogens with one attached hydrogen (secondary N) is 1. The fraction of sp³-hybridized carbons (Fsp3) is 0.304. The third kappa shape index (κ3) is 3.74. The molecule has 158 valence electrons. The van der Waals surface area contributed by atoms with Crippen LogP contribution in [-0.4, -0.2) is 44.4 Å². The van der Waals surface area contributed by atoms with E-state index in [0.29, 0.717) is 40.3 Å². The van der Waals surface area contributed by atoms with Crippen molar-refractivity contribution in [3.05, 3.63) is 70.9 Å². The fourth-order valence-electron chi connectivity index (χ4n) is 4.71. The summed E-state index contributed by atoms with van der Waals surface area (Å²) >= 11 is 6.35. The Hall–Kier alpha value is -3.06. The number of aryl methyl sites for hydroxylation is 1. The van der Waals surface area contributed by atoms with Crippen LogP contribution in [0.3, 0.4) is 0 Å². The molecule has 1 aromatic carbocycles. The van der Waals surface area contributed by atoms with E-state index in [1.54, 1.807) is 24.7 Å². The van der Waals surface area contributed by atoms with Gasteiger partial charge in [0.2, 0.25) is 0 Å². The first-order chi connectivity index (χ1) is 15.0. The van der Waals surface area contributed by atoms with Crippen LogP contribution in [-0.2, 0) is 0 Å². The molecule has 3 unspecified atom stereocenters. The topological polar surface area (TPSA) is 71.0 Å². The van der Waals surface area contributed by atoms with Crippen molar-refractivity contribution in [3.63, 3.8) is 0 Å². The zero-order valence-corrected chi connectivity index (χ0v) is 17.7. The van der Waals surface area contributed by atoms with E-state index in [1.807, 2.05) is 17.9 Å². The lowest BCUT2D eigenvalue weighted by Gasteiger charge is -2.34. The quantitative estimate of drug-likeness (QED) is 0.656. The minimum Gasteiger partial charge on any atom is -0.364 e. The van der Waals surface area contributed by atoms with Gasteiger partial charge < -0.3 is 10.2 Å². The summed E-state index contributed by atoms with van der Waals surface area (Å²) in [4.78, 5) is 28.2. The molecule has 2 aromatic heterocycles. The Morgan fingerprint density at radius 1 is 1.19 bits per heavy atom. The normalized spacial score (nSPS) is 22.0. The van der Waals surface area contributed by atoms with Crippen LogP contribution in [0.5, 0.6) is 0 Å². The Kier molecular flexibility index (Phi) is 5.06. The van der Waals surface area contributed by atoms with Crippen molar-refractivity contribution >= 4 is 23.3 Å². The van der Waals surface area contributed by atoms with Crippen LogP contribution in [0.15, 0.2) is 48.9 Å². The second kappa shape index (κ2) is 7.89. The number of benzene rings is 1. The molecule has 0 spiro atoms. The number of hydrogen-bond acceptors (Lipinski definition) is 5. The van der Waals surface area contributed by atoms with Gasteiger partial charge >= 0.3 is 0 Å². The van der Waals surface area contributed by atoms with Crippen molar-refractivity contribution < 1.29 is 9.18 Å². The van der Waals surface area contributed by atoms with E-state index in [9.17, 15) is 9.18 Å². The molecule has 0 radical (unpaired) electrons. The van der Waals surface area contributed by atoms with E-state index in [4.69, 9.17) is 11.6 Å². The number of halogens is 2. The summed E-state index contributed by atoms with van der Waals surface area (Å²) in [5.74, 6) is 0.816. The second-order valence-electron chi connectivity index (χ2n) is 8.22. The molecule has 1 aliphatic heterocycles. The van der Waals surface area contributed by atoms with Crippen molar-refractivity contribution in [1.82, 2.24) is 19.9 Å². The average molecular weight is 438 g/mol. The van der Waals surface area contributed by atoms with Crippen molar-refractivity contribution in [2.75, 3.05) is 11.9 Å². The number of likely N-dealkylation sites (tertiary alicyclic amines) is 1. The highest BCUT2D eigenvalue weighted by atomic mass is 35.5. The number of carbonyl (C=O) groups is 1. The van der Waals surface area contributed by atoms with E-state index < -0.39 is 5.82 Å². The van der Waals surface area contributed by atoms with Gasteiger partial charge in [-0.1, -0.05) is 11.6 Å². The lowest BCUT2D eigenvalue weighted by Crippen LogP contribution is -2.48. The SMILES string of the molecule is Cc1cnc(NC2CC3CC2N(C(=O)c2ccc(F)cc2-c2ncccn2)C3)c(Cl)c1. The molecule has 3 heterocycles. The largest absolute Gasteiger partial charge is 0.364 e. The molecule has 6 nitrogen and oxygen atoms in total. The molecule has 1 saturated carbocycles. The minimum atomic E-state index is -0.429. The van der Waals surface area contributed by atoms with E-state index in [-0.39, 0.29) is 18.0 Å². The lowest BCUT2D eigenvalue weighted by molar-refractivity contribution is 0.0693. The third-order valence-corrected chi connectivity index (χ3v) is 6.35. The first-order valence-corrected chi connectivity index (χ1v) is 10.6. The average Bonchev–Trinajstić information content (AvgIpc) is 3.36. The number of amides is 1. The summed E-state index contributed by atoms with van der Waals surface area (Å²) in [6.07, 6.45) is 6.81. The highest BCUT2D eigenvalue weighted by molar-refractivity contribution is 6.33. The van der Waals surface area contributed by atoms with Crippen molar-refractivity contribution in [2.24, 2.45) is 5.92 Å².